The van der Waals surface area contributed by atoms with E-state index in [4.69, 9.17) is 16.7 Å². The molecule has 0 aliphatic carbocycles. The highest BCUT2D eigenvalue weighted by molar-refractivity contribution is 6.32. The quantitative estimate of drug-likeness (QED) is 0.829. The van der Waals surface area contributed by atoms with Crippen LogP contribution < -0.4 is 0 Å². The molecule has 4 nitrogen and oxygen atoms in total. The Morgan fingerprint density at radius 1 is 1.12 bits per heavy atom. The Kier molecular flexibility index (Phi) is 5.24. The van der Waals surface area contributed by atoms with E-state index >= 15 is 0 Å². The van der Waals surface area contributed by atoms with E-state index in [-0.39, 0.29) is 5.91 Å². The summed E-state index contributed by atoms with van der Waals surface area (Å²) in [6.07, 6.45) is 4.87. The molecule has 1 aliphatic heterocycles. The first-order valence-corrected chi connectivity index (χ1v) is 9.20. The minimum absolute atomic E-state index is 0.127. The number of hydrogen-bond acceptors (Lipinski definition) is 2. The van der Waals surface area contributed by atoms with Crippen molar-refractivity contribution in [2.45, 2.75) is 46.0 Å². The molecule has 1 aliphatic rings. The lowest BCUT2D eigenvalue weighted by Crippen LogP contribution is -2.36. The highest BCUT2D eigenvalue weighted by Crippen LogP contribution is 2.27. The van der Waals surface area contributed by atoms with Crippen molar-refractivity contribution in [3.05, 3.63) is 46.2 Å². The van der Waals surface area contributed by atoms with Gasteiger partial charge in [-0.15, -0.1) is 0 Å². The van der Waals surface area contributed by atoms with E-state index in [1.165, 1.54) is 6.42 Å². The zero-order valence-corrected chi connectivity index (χ0v) is 15.1. The molecule has 2 heterocycles. The number of benzene rings is 1. The standard InChI is InChI=1S/C19H24ClN3O/c1-3-15-18(19(24)22-12-8-5-9-13-22)16(4-2)23(21-15)17-11-7-6-10-14(17)20/h6-7,10-11H,3-5,8-9,12-13H2,1-2H3. The maximum Gasteiger partial charge on any atom is 0.257 e. The van der Waals surface area contributed by atoms with Crippen LogP contribution in [0, 0.1) is 0 Å². The van der Waals surface area contributed by atoms with Gasteiger partial charge >= 0.3 is 0 Å². The second kappa shape index (κ2) is 7.39. The number of aryl methyl sites for hydroxylation is 1. The lowest BCUT2D eigenvalue weighted by atomic mass is 10.0. The van der Waals surface area contributed by atoms with Crippen LogP contribution in [0.5, 0.6) is 0 Å². The molecule has 5 heteroatoms. The number of aromatic nitrogens is 2. The number of para-hydroxylation sites is 1. The van der Waals surface area contributed by atoms with Crippen LogP contribution in [0.3, 0.4) is 0 Å². The maximum absolute atomic E-state index is 13.1. The molecule has 2 aromatic rings. The van der Waals surface area contributed by atoms with E-state index in [9.17, 15) is 4.79 Å². The molecular formula is C19H24ClN3O. The number of rotatable bonds is 4. The van der Waals surface area contributed by atoms with Gasteiger partial charge in [-0.25, -0.2) is 4.68 Å². The van der Waals surface area contributed by atoms with Gasteiger partial charge in [-0.05, 0) is 44.2 Å². The van der Waals surface area contributed by atoms with Gasteiger partial charge in [0.25, 0.3) is 5.91 Å². The topological polar surface area (TPSA) is 38.1 Å². The molecule has 1 saturated heterocycles. The van der Waals surface area contributed by atoms with Gasteiger partial charge in [0, 0.05) is 13.1 Å². The Morgan fingerprint density at radius 3 is 2.46 bits per heavy atom. The van der Waals surface area contributed by atoms with Gasteiger partial charge in [0.1, 0.15) is 0 Å². The van der Waals surface area contributed by atoms with Gasteiger partial charge in [0.05, 0.1) is 27.7 Å². The zero-order chi connectivity index (χ0) is 17.1. The molecular weight excluding hydrogens is 322 g/mol. The summed E-state index contributed by atoms with van der Waals surface area (Å²) >= 11 is 6.36. The number of hydrogen-bond donors (Lipinski definition) is 0. The highest BCUT2D eigenvalue weighted by atomic mass is 35.5. The van der Waals surface area contributed by atoms with Crippen molar-refractivity contribution in [2.24, 2.45) is 0 Å². The fraction of sp³-hybridized carbons (Fsp3) is 0.474. The first-order valence-electron chi connectivity index (χ1n) is 8.82. The maximum atomic E-state index is 13.1. The lowest BCUT2D eigenvalue weighted by Gasteiger charge is -2.27. The molecule has 1 fully saturated rings. The summed E-state index contributed by atoms with van der Waals surface area (Å²) in [7, 11) is 0. The van der Waals surface area contributed by atoms with Crippen molar-refractivity contribution in [3.8, 4) is 5.69 Å². The van der Waals surface area contributed by atoms with Crippen molar-refractivity contribution >= 4 is 17.5 Å². The number of amides is 1. The smallest absolute Gasteiger partial charge is 0.257 e. The van der Waals surface area contributed by atoms with Gasteiger partial charge in [-0.1, -0.05) is 37.6 Å². The molecule has 1 aromatic heterocycles. The number of nitrogens with zero attached hydrogens (tertiary/aromatic N) is 3. The Bertz CT molecular complexity index is 732. The fourth-order valence-electron chi connectivity index (χ4n) is 3.40. The molecule has 3 rings (SSSR count). The van der Waals surface area contributed by atoms with Crippen molar-refractivity contribution < 1.29 is 4.79 Å². The molecule has 1 amide bonds. The van der Waals surface area contributed by atoms with Gasteiger partial charge in [0.15, 0.2) is 0 Å². The summed E-state index contributed by atoms with van der Waals surface area (Å²) in [5.74, 6) is 0.127. The van der Waals surface area contributed by atoms with Crippen LogP contribution in [0.4, 0.5) is 0 Å². The third kappa shape index (κ3) is 3.07. The van der Waals surface area contributed by atoms with E-state index in [0.717, 1.165) is 61.4 Å². The van der Waals surface area contributed by atoms with Gasteiger partial charge in [-0.3, -0.25) is 4.79 Å². The van der Waals surface area contributed by atoms with Crippen LogP contribution in [0.1, 0.15) is 54.9 Å². The second-order valence-electron chi connectivity index (χ2n) is 6.19. The van der Waals surface area contributed by atoms with Crippen molar-refractivity contribution in [2.75, 3.05) is 13.1 Å². The summed E-state index contributed by atoms with van der Waals surface area (Å²) < 4.78 is 1.86. The van der Waals surface area contributed by atoms with Crippen molar-refractivity contribution in [1.29, 1.82) is 0 Å². The molecule has 1 aromatic carbocycles. The highest BCUT2D eigenvalue weighted by Gasteiger charge is 2.27. The molecule has 24 heavy (non-hydrogen) atoms. The minimum Gasteiger partial charge on any atom is -0.339 e. The fourth-order valence-corrected chi connectivity index (χ4v) is 3.62. The molecule has 0 bridgehead atoms. The third-order valence-electron chi connectivity index (χ3n) is 4.66. The summed E-state index contributed by atoms with van der Waals surface area (Å²) in [4.78, 5) is 15.1. The predicted octanol–water partition coefficient (Wildman–Crippen LogP) is 4.28. The largest absolute Gasteiger partial charge is 0.339 e. The van der Waals surface area contributed by atoms with Crippen molar-refractivity contribution in [3.63, 3.8) is 0 Å². The number of piperidine rings is 1. The van der Waals surface area contributed by atoms with Crippen molar-refractivity contribution in [1.82, 2.24) is 14.7 Å². The Morgan fingerprint density at radius 2 is 1.83 bits per heavy atom. The average Bonchev–Trinajstić information content (AvgIpc) is 3.00. The number of carbonyl (C=O) groups is 1. The van der Waals surface area contributed by atoms with Gasteiger partial charge < -0.3 is 4.90 Å². The van der Waals surface area contributed by atoms with E-state index in [2.05, 4.69) is 6.92 Å². The molecule has 0 radical (unpaired) electrons. The molecule has 0 atom stereocenters. The Labute approximate surface area is 148 Å². The first kappa shape index (κ1) is 17.0. The molecule has 0 saturated carbocycles. The summed E-state index contributed by atoms with van der Waals surface area (Å²) in [5.41, 5.74) is 3.43. The van der Waals surface area contributed by atoms with Gasteiger partial charge in [0.2, 0.25) is 0 Å². The van der Waals surface area contributed by atoms with E-state index < -0.39 is 0 Å². The monoisotopic (exact) mass is 345 g/mol. The average molecular weight is 346 g/mol. The number of carbonyl (C=O) groups excluding carboxylic acids is 1. The summed E-state index contributed by atoms with van der Waals surface area (Å²) in [6, 6.07) is 7.65. The molecule has 0 spiro atoms. The summed E-state index contributed by atoms with van der Waals surface area (Å²) in [5, 5.41) is 5.38. The van der Waals surface area contributed by atoms with Crippen LogP contribution in [0.25, 0.3) is 5.69 Å². The van der Waals surface area contributed by atoms with Crippen LogP contribution in [0.15, 0.2) is 24.3 Å². The zero-order valence-electron chi connectivity index (χ0n) is 14.4. The van der Waals surface area contributed by atoms with Gasteiger partial charge in [-0.2, -0.15) is 5.10 Å². The molecule has 0 N–H and O–H groups in total. The number of likely N-dealkylation sites (tertiary alicyclic amines) is 1. The second-order valence-corrected chi connectivity index (χ2v) is 6.60. The minimum atomic E-state index is 0.127. The first-order chi connectivity index (χ1) is 11.7. The third-order valence-corrected chi connectivity index (χ3v) is 4.98. The molecule has 0 unspecified atom stereocenters. The normalized spacial score (nSPS) is 14.9. The SMILES string of the molecule is CCc1nn(-c2ccccc2Cl)c(CC)c1C(=O)N1CCCCC1. The predicted molar refractivity (Wildman–Crippen MR) is 97.1 cm³/mol. The van der Waals surface area contributed by atoms with Crippen LogP contribution in [-0.2, 0) is 12.8 Å². The van der Waals surface area contributed by atoms with E-state index in [0.29, 0.717) is 5.02 Å². The number of halogens is 1. The lowest BCUT2D eigenvalue weighted by molar-refractivity contribution is 0.0722. The van der Waals surface area contributed by atoms with E-state index in [1.54, 1.807) is 0 Å². The Balaban J connectivity index is 2.09. The summed E-state index contributed by atoms with van der Waals surface area (Å²) in [6.45, 7) is 5.81. The van der Waals surface area contributed by atoms with Crippen LogP contribution in [-0.4, -0.2) is 33.7 Å². The van der Waals surface area contributed by atoms with Crippen LogP contribution >= 0.6 is 11.6 Å². The molecule has 128 valence electrons. The van der Waals surface area contributed by atoms with Crippen LogP contribution in [0.2, 0.25) is 5.02 Å². The van der Waals surface area contributed by atoms with E-state index in [1.807, 2.05) is 40.8 Å². The Hall–Kier alpha value is -1.81.